The van der Waals surface area contributed by atoms with Crippen molar-refractivity contribution in [2.45, 2.75) is 57.8 Å². The summed E-state index contributed by atoms with van der Waals surface area (Å²) in [6.07, 6.45) is 0. The van der Waals surface area contributed by atoms with E-state index < -0.39 is 0 Å². The molecule has 0 saturated heterocycles. The third-order valence-corrected chi connectivity index (χ3v) is 25.9. The van der Waals surface area contributed by atoms with Gasteiger partial charge >= 0.3 is 0 Å². The van der Waals surface area contributed by atoms with E-state index in [0.717, 1.165) is 112 Å². The number of hydrogen-bond acceptors (Lipinski definition) is 6. The molecule has 0 unspecified atom stereocenters. The summed E-state index contributed by atoms with van der Waals surface area (Å²) >= 11 is 0. The van der Waals surface area contributed by atoms with Crippen molar-refractivity contribution in [3.8, 4) is 134 Å². The molecule has 3 aliphatic carbocycles. The Morgan fingerprint density at radius 1 is 0.163 bits per heavy atom. The van der Waals surface area contributed by atoms with E-state index in [0.29, 0.717) is 0 Å². The molecule has 582 valence electrons. The third kappa shape index (κ3) is 13.0. The maximum atomic E-state index is 5.34. The Balaban J connectivity index is 0.000000110. The van der Waals surface area contributed by atoms with Crippen LogP contribution < -0.4 is 0 Å². The van der Waals surface area contributed by atoms with E-state index in [1.54, 1.807) is 0 Å². The topological polar surface area (TPSA) is 77.3 Å². The molecule has 0 bridgehead atoms. The first-order valence-electron chi connectivity index (χ1n) is 42.5. The molecule has 0 atom stereocenters. The Kier molecular flexibility index (Phi) is 17.8. The highest BCUT2D eigenvalue weighted by molar-refractivity contribution is 6.02. The summed E-state index contributed by atoms with van der Waals surface area (Å²) in [7, 11) is 0. The van der Waals surface area contributed by atoms with Gasteiger partial charge in [0.25, 0.3) is 0 Å². The van der Waals surface area contributed by atoms with Crippen molar-refractivity contribution in [3.05, 3.63) is 434 Å². The summed E-state index contributed by atoms with van der Waals surface area (Å²) in [5.41, 5.74) is 38.6. The maximum absolute atomic E-state index is 5.34. The minimum atomic E-state index is -0.101. The molecule has 18 aromatic carbocycles. The zero-order valence-corrected chi connectivity index (χ0v) is 69.3. The van der Waals surface area contributed by atoms with Gasteiger partial charge in [-0.25, -0.2) is 29.9 Å². The van der Waals surface area contributed by atoms with Crippen LogP contribution in [0.3, 0.4) is 0 Å². The van der Waals surface area contributed by atoms with Gasteiger partial charge in [-0.15, -0.1) is 0 Å². The van der Waals surface area contributed by atoms with Crippen molar-refractivity contribution in [2.75, 3.05) is 0 Å². The highest BCUT2D eigenvalue weighted by Crippen LogP contribution is 2.55. The molecule has 123 heavy (non-hydrogen) atoms. The zero-order chi connectivity index (χ0) is 82.7. The standard InChI is InChI=1S/3C39H28N2/c1-39(2)33-24-29(20-21-31(33)32-22-27-16-9-10-17-28(27)23-34(32)39)30-18-11-19-35-38(30)41-37(26-14-7-4-8-15-26)36(40-35)25-12-5-3-6-13-25;1-39(2)34-24-30(17-19-31(34)32-21-27-15-9-10-16-28(27)23-35(32)39)29-18-20-36-33(22-29)37(25-11-5-3-6-12-25)41-38(40-36)26-13-7-4-8-14-26;1-39(2)33-23-29(17-19-31(33)32-21-27-15-9-10-16-28(27)22-34(32)39)30-18-20-35-36(24-30)41-38(26-13-7-4-8-14-26)37(40-35)25-11-5-3-6-12-25/h3*3-24H,1-2H3. The molecular weight excluding hydrogens is 1490 g/mol. The van der Waals surface area contributed by atoms with Crippen LogP contribution in [-0.4, -0.2) is 29.9 Å². The van der Waals surface area contributed by atoms with Crippen LogP contribution >= 0.6 is 0 Å². The number of nitrogens with zero attached hydrogens (tertiary/aromatic N) is 6. The van der Waals surface area contributed by atoms with Gasteiger partial charge in [0.1, 0.15) is 0 Å². The predicted molar refractivity (Wildman–Crippen MR) is 513 cm³/mol. The van der Waals surface area contributed by atoms with Crippen molar-refractivity contribution in [3.63, 3.8) is 0 Å². The van der Waals surface area contributed by atoms with Crippen molar-refractivity contribution in [2.24, 2.45) is 0 Å². The number of hydrogen-bond donors (Lipinski definition) is 0. The SMILES string of the molecule is CC1(C)c2cc(-c3ccc4nc(-c5ccccc5)c(-c5ccccc5)nc4c3)ccc2-c2cc3ccccc3cc21.CC1(C)c2cc(-c3ccc4nc(-c5ccccc5)nc(-c5ccccc5)c4c3)ccc2-c2cc3ccccc3cc21.CC1(C)c2cc(-c3cccc4nc(-c5ccccc5)c(-c5ccccc5)nc34)ccc2-c2cc3ccccc3cc21. The van der Waals surface area contributed by atoms with E-state index in [2.05, 4.69) is 393 Å². The molecule has 6 heteroatoms. The predicted octanol–water partition coefficient (Wildman–Crippen LogP) is 30.3. The number of rotatable bonds is 9. The molecular formula is C117H84N6. The van der Waals surface area contributed by atoms with Gasteiger partial charge in [0, 0.05) is 60.6 Å². The van der Waals surface area contributed by atoms with Crippen LogP contribution in [0.4, 0.5) is 0 Å². The fraction of sp³-hybridized carbons (Fsp3) is 0.0769. The van der Waals surface area contributed by atoms with Gasteiger partial charge in [0.05, 0.1) is 56.1 Å². The summed E-state index contributed by atoms with van der Waals surface area (Å²) in [5, 5.41) is 8.80. The van der Waals surface area contributed by atoms with Crippen LogP contribution in [0, 0.1) is 0 Å². The second-order valence-corrected chi connectivity index (χ2v) is 34.4. The molecule has 0 amide bonds. The van der Waals surface area contributed by atoms with Crippen molar-refractivity contribution < 1.29 is 0 Å². The van der Waals surface area contributed by atoms with E-state index >= 15 is 0 Å². The Hall–Kier alpha value is -15.2. The molecule has 0 spiro atoms. The first-order valence-corrected chi connectivity index (χ1v) is 42.5. The Morgan fingerprint density at radius 3 is 0.894 bits per heavy atom. The molecule has 0 fully saturated rings. The lowest BCUT2D eigenvalue weighted by Crippen LogP contribution is -2.15. The Morgan fingerprint density at radius 2 is 0.472 bits per heavy atom. The molecule has 6 nitrogen and oxygen atoms in total. The summed E-state index contributed by atoms with van der Waals surface area (Å²) in [4.78, 5) is 31.0. The van der Waals surface area contributed by atoms with Crippen molar-refractivity contribution in [1.82, 2.24) is 29.9 Å². The lowest BCUT2D eigenvalue weighted by molar-refractivity contribution is 0.661. The highest BCUT2D eigenvalue weighted by Gasteiger charge is 2.39. The lowest BCUT2D eigenvalue weighted by atomic mass is 9.81. The summed E-state index contributed by atoms with van der Waals surface area (Å²) in [6.45, 7) is 14.1. The smallest absolute Gasteiger partial charge is 0.160 e. The van der Waals surface area contributed by atoms with Gasteiger partial charge in [-0.1, -0.05) is 357 Å². The maximum Gasteiger partial charge on any atom is 0.160 e. The van der Waals surface area contributed by atoms with Crippen LogP contribution in [0.5, 0.6) is 0 Å². The van der Waals surface area contributed by atoms with E-state index in [-0.39, 0.29) is 16.2 Å². The van der Waals surface area contributed by atoms with Crippen LogP contribution in [0.25, 0.3) is 200 Å². The minimum absolute atomic E-state index is 0.0770. The van der Waals surface area contributed by atoms with Gasteiger partial charge in [0.15, 0.2) is 5.82 Å². The van der Waals surface area contributed by atoms with E-state index in [1.165, 1.54) is 121 Å². The largest absolute Gasteiger partial charge is 0.244 e. The number of aromatic nitrogens is 6. The van der Waals surface area contributed by atoms with E-state index in [4.69, 9.17) is 29.9 Å². The monoisotopic (exact) mass is 1570 g/mol. The highest BCUT2D eigenvalue weighted by atomic mass is 14.9. The molecule has 0 saturated carbocycles. The molecule has 0 N–H and O–H groups in total. The van der Waals surface area contributed by atoms with Gasteiger partial charge in [-0.3, -0.25) is 0 Å². The van der Waals surface area contributed by atoms with Crippen molar-refractivity contribution >= 4 is 65.3 Å². The molecule has 0 radical (unpaired) electrons. The average Bonchev–Trinajstić information content (AvgIpc) is 1.58. The first-order chi connectivity index (χ1) is 60.2. The molecule has 3 heterocycles. The normalized spacial score (nSPS) is 13.3. The summed E-state index contributed by atoms with van der Waals surface area (Å²) < 4.78 is 0. The van der Waals surface area contributed by atoms with Crippen LogP contribution in [0.2, 0.25) is 0 Å². The second kappa shape index (κ2) is 29.6. The zero-order valence-electron chi connectivity index (χ0n) is 69.3. The van der Waals surface area contributed by atoms with Gasteiger partial charge in [-0.05, 0) is 212 Å². The first kappa shape index (κ1) is 74.1. The molecule has 3 aliphatic rings. The van der Waals surface area contributed by atoms with Gasteiger partial charge in [0.2, 0.25) is 0 Å². The van der Waals surface area contributed by atoms with E-state index in [9.17, 15) is 0 Å². The molecule has 3 aromatic heterocycles. The van der Waals surface area contributed by atoms with Gasteiger partial charge < -0.3 is 0 Å². The quantitative estimate of drug-likeness (QED) is 0.143. The molecule has 21 aromatic rings. The van der Waals surface area contributed by atoms with Crippen LogP contribution in [-0.2, 0) is 16.2 Å². The van der Waals surface area contributed by atoms with Gasteiger partial charge in [-0.2, -0.15) is 0 Å². The summed E-state index contributed by atoms with van der Waals surface area (Å²) in [5.74, 6) is 0.745. The number of fused-ring (bicyclic) bond motifs is 15. The van der Waals surface area contributed by atoms with Crippen LogP contribution in [0.15, 0.2) is 400 Å². The lowest BCUT2D eigenvalue weighted by Gasteiger charge is -2.22. The molecule has 0 aliphatic heterocycles. The van der Waals surface area contributed by atoms with Crippen LogP contribution in [0.1, 0.15) is 74.9 Å². The third-order valence-electron chi connectivity index (χ3n) is 25.9. The fourth-order valence-electron chi connectivity index (χ4n) is 19.4. The minimum Gasteiger partial charge on any atom is -0.244 e. The molecule has 24 rings (SSSR count). The Labute approximate surface area is 716 Å². The average molecular weight is 1570 g/mol. The summed E-state index contributed by atoms with van der Waals surface area (Å²) in [6, 6.07) is 143. The van der Waals surface area contributed by atoms with Crippen molar-refractivity contribution in [1.29, 1.82) is 0 Å². The van der Waals surface area contributed by atoms with E-state index in [1.807, 2.05) is 48.5 Å². The number of para-hydroxylation sites is 1. The number of benzene rings is 18. The fourth-order valence-corrected chi connectivity index (χ4v) is 19.4. The second-order valence-electron chi connectivity index (χ2n) is 34.4. The Bertz CT molecular complexity index is 7750.